The summed E-state index contributed by atoms with van der Waals surface area (Å²) in [4.78, 5) is 0. The van der Waals surface area contributed by atoms with Gasteiger partial charge in [-0.25, -0.2) is 25.1 Å². The van der Waals surface area contributed by atoms with E-state index in [0.717, 1.165) is 0 Å². The summed E-state index contributed by atoms with van der Waals surface area (Å²) in [5.41, 5.74) is 0. The van der Waals surface area contributed by atoms with Gasteiger partial charge in [0.05, 0.1) is 0 Å². The summed E-state index contributed by atoms with van der Waals surface area (Å²) in [5.74, 6) is 0. The fourth-order valence-electron chi connectivity index (χ4n) is 2.62. The molecular weight excluding hydrogens is 698 g/mol. The molecule has 32 heteroatoms. The molecule has 0 amide bonds. The SMILES string of the molecule is O=S(=O)(O)OC1C(OS(=O)(=O)O)C(OS(=O)(=O)O)C(OS(=O)(=O)O)C(OS(=O)(=O)O)C1OS(=O)(=O)O.[Al].[NaH]. The van der Waals surface area contributed by atoms with Gasteiger partial charge in [0.1, 0.15) is 36.6 Å². The molecule has 3 radical (unpaired) electrons. The van der Waals surface area contributed by atoms with Crippen molar-refractivity contribution in [3.63, 3.8) is 0 Å². The molecule has 38 heavy (non-hydrogen) atoms. The monoisotopic (exact) mass is 711 g/mol. The number of hydrogen-bond acceptors (Lipinski definition) is 18. The minimum atomic E-state index is -6.04. The predicted molar refractivity (Wildman–Crippen MR) is 111 cm³/mol. The Bertz CT molecular complexity index is 1150. The first-order chi connectivity index (χ1) is 15.6. The number of hydrogen-bond donors (Lipinski definition) is 6. The van der Waals surface area contributed by atoms with E-state index < -0.39 is 99.0 Å². The maximum absolute atomic E-state index is 11.2. The fraction of sp³-hybridized carbons (Fsp3) is 1.00. The van der Waals surface area contributed by atoms with Crippen molar-refractivity contribution in [1.29, 1.82) is 0 Å². The standard InChI is InChI=1S/C6H12O24S6.Al.Na.H/c7-31(8,9)25-1-2(26-32(10,11)12)4(28-34(16,17)18)6(30-36(22,23)24)5(29-35(19,20)21)3(1)27-33(13,14)15;;;/h1-6H,(H,7,8,9)(H,10,11,12)(H,13,14,15)(H,16,17,18)(H,19,20,21)(H,22,23,24);;;. The van der Waals surface area contributed by atoms with Crippen LogP contribution in [0, 0.1) is 0 Å². The molecule has 0 aromatic heterocycles. The van der Waals surface area contributed by atoms with Crippen molar-refractivity contribution >= 4 is 109 Å². The van der Waals surface area contributed by atoms with Crippen molar-refractivity contribution in [1.82, 2.24) is 0 Å². The minimum absolute atomic E-state index is 0. The molecule has 0 bridgehead atoms. The van der Waals surface area contributed by atoms with Crippen molar-refractivity contribution in [2.45, 2.75) is 36.6 Å². The molecule has 1 saturated carbocycles. The van der Waals surface area contributed by atoms with E-state index in [9.17, 15) is 50.5 Å². The van der Waals surface area contributed by atoms with Crippen LogP contribution in [0.15, 0.2) is 0 Å². The van der Waals surface area contributed by atoms with Crippen LogP contribution in [0.1, 0.15) is 0 Å². The second kappa shape index (κ2) is 13.8. The first kappa shape index (κ1) is 40.9. The van der Waals surface area contributed by atoms with E-state index >= 15 is 0 Å². The Morgan fingerprint density at radius 1 is 0.316 bits per heavy atom. The molecule has 0 saturated heterocycles. The van der Waals surface area contributed by atoms with Crippen LogP contribution in [0.5, 0.6) is 0 Å². The molecule has 0 atom stereocenters. The van der Waals surface area contributed by atoms with Gasteiger partial charge in [-0.05, 0) is 0 Å². The molecule has 0 heterocycles. The van der Waals surface area contributed by atoms with Crippen LogP contribution in [-0.4, -0.2) is 161 Å². The van der Waals surface area contributed by atoms with Gasteiger partial charge >= 0.3 is 92.0 Å². The van der Waals surface area contributed by atoms with Crippen molar-refractivity contribution in [3.05, 3.63) is 0 Å². The summed E-state index contributed by atoms with van der Waals surface area (Å²) in [6, 6.07) is 0. The normalized spacial score (nSPS) is 27.6. The summed E-state index contributed by atoms with van der Waals surface area (Å²) < 4.78 is 211. The first-order valence-corrected chi connectivity index (χ1v) is 15.7. The molecule has 1 fully saturated rings. The Morgan fingerprint density at radius 3 is 0.447 bits per heavy atom. The van der Waals surface area contributed by atoms with Gasteiger partial charge in [0.25, 0.3) is 0 Å². The van der Waals surface area contributed by atoms with E-state index in [1.807, 2.05) is 0 Å². The summed E-state index contributed by atoms with van der Waals surface area (Å²) in [6.07, 6.45) is -20.4. The fourth-order valence-corrected chi connectivity index (χ4v) is 5.62. The Hall–Kier alpha value is 0.752. The van der Waals surface area contributed by atoms with E-state index in [1.54, 1.807) is 0 Å². The van der Waals surface area contributed by atoms with Gasteiger partial charge in [-0.3, -0.25) is 27.3 Å². The van der Waals surface area contributed by atoms with Crippen LogP contribution in [0.25, 0.3) is 0 Å². The van der Waals surface area contributed by atoms with Crippen LogP contribution < -0.4 is 0 Å². The Balaban J connectivity index is 0. The second-order valence-corrected chi connectivity index (χ2v) is 12.2. The Kier molecular flexibility index (Phi) is 14.9. The Labute approximate surface area is 247 Å². The van der Waals surface area contributed by atoms with Gasteiger partial charge < -0.3 is 0 Å². The summed E-state index contributed by atoms with van der Waals surface area (Å²) >= 11 is 0. The third-order valence-electron chi connectivity index (χ3n) is 3.34. The van der Waals surface area contributed by atoms with E-state index in [2.05, 4.69) is 25.1 Å². The van der Waals surface area contributed by atoms with Crippen molar-refractivity contribution in [2.24, 2.45) is 0 Å². The van der Waals surface area contributed by atoms with Crippen molar-refractivity contribution < 1.29 is 103 Å². The topological polar surface area (TPSA) is 382 Å². The third-order valence-corrected chi connectivity index (χ3v) is 6.13. The zero-order valence-electron chi connectivity index (χ0n) is 16.5. The molecule has 0 aromatic carbocycles. The molecule has 24 nitrogen and oxygen atoms in total. The van der Waals surface area contributed by atoms with Crippen LogP contribution in [0.4, 0.5) is 0 Å². The second-order valence-electron chi connectivity index (χ2n) is 5.93. The van der Waals surface area contributed by atoms with Gasteiger partial charge in [-0.15, -0.1) is 0 Å². The molecule has 0 aliphatic heterocycles. The third kappa shape index (κ3) is 15.7. The molecular formula is C6H13AlNaO24S6. The molecule has 0 spiro atoms. The van der Waals surface area contributed by atoms with Crippen LogP contribution in [0.2, 0.25) is 0 Å². The van der Waals surface area contributed by atoms with E-state index in [-0.39, 0.29) is 46.9 Å². The van der Waals surface area contributed by atoms with Gasteiger partial charge in [-0.1, -0.05) is 0 Å². The van der Waals surface area contributed by atoms with Gasteiger partial charge in [0.2, 0.25) is 0 Å². The maximum atomic E-state index is 11.2. The zero-order chi connectivity index (χ0) is 28.7. The summed E-state index contributed by atoms with van der Waals surface area (Å²) in [5, 5.41) is 0. The molecule has 6 N–H and O–H groups in total. The molecule has 1 aliphatic carbocycles. The van der Waals surface area contributed by atoms with E-state index in [4.69, 9.17) is 27.3 Å². The number of rotatable bonds is 12. The van der Waals surface area contributed by atoms with Gasteiger partial charge in [0, 0.05) is 17.4 Å². The summed E-state index contributed by atoms with van der Waals surface area (Å²) in [7, 11) is -36.3. The molecule has 0 unspecified atom stereocenters. The van der Waals surface area contributed by atoms with Crippen LogP contribution in [0.3, 0.4) is 0 Å². The molecule has 1 rings (SSSR count). The van der Waals surface area contributed by atoms with Gasteiger partial charge in [0.15, 0.2) is 0 Å². The molecule has 1 aliphatic rings. The van der Waals surface area contributed by atoms with Crippen LogP contribution in [-0.2, 0) is 87.5 Å². The predicted octanol–water partition coefficient (Wildman–Crippen LogP) is -5.90. The average molecular weight is 712 g/mol. The van der Waals surface area contributed by atoms with E-state index in [0.29, 0.717) is 0 Å². The molecule has 221 valence electrons. The van der Waals surface area contributed by atoms with Gasteiger partial charge in [-0.2, -0.15) is 50.5 Å². The zero-order valence-corrected chi connectivity index (χ0v) is 22.6. The summed E-state index contributed by atoms with van der Waals surface area (Å²) in [6.45, 7) is 0. The average Bonchev–Trinajstić information content (AvgIpc) is 2.51. The van der Waals surface area contributed by atoms with E-state index in [1.165, 1.54) is 0 Å². The first-order valence-electron chi connectivity index (χ1n) is 7.51. The van der Waals surface area contributed by atoms with Crippen molar-refractivity contribution in [2.75, 3.05) is 0 Å². The van der Waals surface area contributed by atoms with Crippen LogP contribution >= 0.6 is 0 Å². The molecule has 0 aromatic rings. The van der Waals surface area contributed by atoms with Crippen molar-refractivity contribution in [3.8, 4) is 0 Å². The Morgan fingerprint density at radius 2 is 0.395 bits per heavy atom. The quantitative estimate of drug-likeness (QED) is 0.0810.